The molecule has 3 rings (SSSR count). The standard InChI is InChI=1S/C17H20N4OS/c1-5-10-6-11-9(2)8-17(3,4)21-14(11)12(7-10)13(15(21)22)19-20-16(18)23/h6-8,22H,5H2,1-4H3,(H2,18,23). The van der Waals surface area contributed by atoms with Gasteiger partial charge < -0.3 is 15.4 Å². The first-order valence-electron chi connectivity index (χ1n) is 7.58. The number of nitrogens with zero attached hydrogens (tertiary/aromatic N) is 3. The van der Waals surface area contributed by atoms with Gasteiger partial charge in [0.15, 0.2) is 5.69 Å². The quantitative estimate of drug-likeness (QED) is 0.634. The van der Waals surface area contributed by atoms with Crippen molar-refractivity contribution in [3.8, 4) is 5.88 Å². The number of nitrogens with two attached hydrogens (primary N) is 1. The average molecular weight is 328 g/mol. The van der Waals surface area contributed by atoms with Crippen molar-refractivity contribution in [1.82, 2.24) is 4.57 Å². The lowest BCUT2D eigenvalue weighted by Gasteiger charge is -2.31. The van der Waals surface area contributed by atoms with Crippen LogP contribution in [0.3, 0.4) is 0 Å². The minimum Gasteiger partial charge on any atom is -0.493 e. The summed E-state index contributed by atoms with van der Waals surface area (Å²) in [6.45, 7) is 8.31. The van der Waals surface area contributed by atoms with Crippen LogP contribution in [0.4, 0.5) is 5.69 Å². The summed E-state index contributed by atoms with van der Waals surface area (Å²) in [7, 11) is 0. The van der Waals surface area contributed by atoms with E-state index in [1.54, 1.807) is 0 Å². The van der Waals surface area contributed by atoms with E-state index in [-0.39, 0.29) is 16.5 Å². The fourth-order valence-electron chi connectivity index (χ4n) is 3.38. The van der Waals surface area contributed by atoms with E-state index >= 15 is 0 Å². The first-order valence-corrected chi connectivity index (χ1v) is 7.99. The number of aromatic hydroxyl groups is 1. The van der Waals surface area contributed by atoms with Gasteiger partial charge in [-0.15, -0.1) is 10.2 Å². The van der Waals surface area contributed by atoms with Gasteiger partial charge >= 0.3 is 0 Å². The maximum Gasteiger partial charge on any atom is 0.221 e. The number of benzene rings is 1. The Morgan fingerprint density at radius 3 is 2.70 bits per heavy atom. The van der Waals surface area contributed by atoms with E-state index in [9.17, 15) is 5.11 Å². The second kappa shape index (κ2) is 5.16. The molecular weight excluding hydrogens is 308 g/mol. The molecule has 0 radical (unpaired) electrons. The van der Waals surface area contributed by atoms with Crippen molar-refractivity contribution in [3.63, 3.8) is 0 Å². The summed E-state index contributed by atoms with van der Waals surface area (Å²) in [5.74, 6) is 0.0863. The van der Waals surface area contributed by atoms with Crippen LogP contribution in [0.25, 0.3) is 16.5 Å². The van der Waals surface area contributed by atoms with E-state index in [0.29, 0.717) is 5.69 Å². The molecule has 1 aliphatic heterocycles. The highest BCUT2D eigenvalue weighted by molar-refractivity contribution is 7.80. The van der Waals surface area contributed by atoms with Crippen molar-refractivity contribution >= 4 is 39.5 Å². The highest BCUT2D eigenvalue weighted by Gasteiger charge is 2.32. The Balaban J connectivity index is 2.45. The zero-order valence-electron chi connectivity index (χ0n) is 13.7. The lowest BCUT2D eigenvalue weighted by atomic mass is 9.90. The first-order chi connectivity index (χ1) is 10.8. The van der Waals surface area contributed by atoms with Crippen LogP contribution in [0.2, 0.25) is 0 Å². The Morgan fingerprint density at radius 2 is 2.09 bits per heavy atom. The Labute approximate surface area is 140 Å². The molecule has 0 fully saturated rings. The molecule has 2 heterocycles. The van der Waals surface area contributed by atoms with E-state index in [0.717, 1.165) is 22.9 Å². The fraction of sp³-hybridized carbons (Fsp3) is 0.353. The van der Waals surface area contributed by atoms with Crippen LogP contribution in [0.1, 0.15) is 38.8 Å². The van der Waals surface area contributed by atoms with Crippen LogP contribution < -0.4 is 5.73 Å². The number of rotatable bonds is 2. The Kier molecular flexibility index (Phi) is 3.52. The molecule has 5 nitrogen and oxygen atoms in total. The second-order valence-corrected chi connectivity index (χ2v) is 6.84. The molecule has 0 amide bonds. The van der Waals surface area contributed by atoms with Gasteiger partial charge in [-0.05, 0) is 62.7 Å². The molecule has 2 aromatic rings. The molecule has 1 aromatic carbocycles. The predicted octanol–water partition coefficient (Wildman–Crippen LogP) is 4.39. The SMILES string of the molecule is CCc1cc2c3c(c1)c(N=NC(N)=S)c(O)n3C(C)(C)C=C2C. The molecule has 0 atom stereocenters. The van der Waals surface area contributed by atoms with Gasteiger partial charge in [0, 0.05) is 10.9 Å². The second-order valence-electron chi connectivity index (χ2n) is 6.42. The third kappa shape index (κ3) is 2.34. The summed E-state index contributed by atoms with van der Waals surface area (Å²) < 4.78 is 1.90. The maximum absolute atomic E-state index is 10.8. The van der Waals surface area contributed by atoms with E-state index in [4.69, 9.17) is 18.0 Å². The topological polar surface area (TPSA) is 75.9 Å². The highest BCUT2D eigenvalue weighted by Crippen LogP contribution is 2.48. The van der Waals surface area contributed by atoms with E-state index < -0.39 is 0 Å². The van der Waals surface area contributed by atoms with Crippen LogP contribution in [0.5, 0.6) is 5.88 Å². The van der Waals surface area contributed by atoms with Crippen molar-refractivity contribution < 1.29 is 5.11 Å². The minimum atomic E-state index is -0.357. The summed E-state index contributed by atoms with van der Waals surface area (Å²) in [6.07, 6.45) is 3.06. The van der Waals surface area contributed by atoms with Gasteiger partial charge in [-0.1, -0.05) is 13.0 Å². The van der Waals surface area contributed by atoms with Gasteiger partial charge in [0.2, 0.25) is 11.0 Å². The molecule has 23 heavy (non-hydrogen) atoms. The van der Waals surface area contributed by atoms with Gasteiger partial charge in [0.25, 0.3) is 0 Å². The number of thiocarbonyl (C=S) groups is 1. The van der Waals surface area contributed by atoms with Gasteiger partial charge in [-0.3, -0.25) is 0 Å². The van der Waals surface area contributed by atoms with E-state index in [2.05, 4.69) is 56.1 Å². The molecule has 6 heteroatoms. The normalized spacial score (nSPS) is 16.1. The molecule has 0 unspecified atom stereocenters. The number of aryl methyl sites for hydroxylation is 1. The van der Waals surface area contributed by atoms with Crippen molar-refractivity contribution in [2.24, 2.45) is 16.0 Å². The first kappa shape index (κ1) is 15.7. The van der Waals surface area contributed by atoms with Crippen LogP contribution in [-0.4, -0.2) is 14.8 Å². The third-order valence-corrected chi connectivity index (χ3v) is 4.38. The molecule has 120 valence electrons. The predicted molar refractivity (Wildman–Crippen MR) is 97.3 cm³/mol. The number of hydrogen-bond donors (Lipinski definition) is 2. The minimum absolute atomic E-state index is 0.0550. The molecule has 0 bridgehead atoms. The lowest BCUT2D eigenvalue weighted by Crippen LogP contribution is -2.26. The fourth-order valence-corrected chi connectivity index (χ4v) is 3.42. The van der Waals surface area contributed by atoms with Crippen molar-refractivity contribution in [2.45, 2.75) is 39.7 Å². The van der Waals surface area contributed by atoms with Gasteiger partial charge in [-0.2, -0.15) is 0 Å². The molecule has 3 N–H and O–H groups in total. The van der Waals surface area contributed by atoms with E-state index in [1.807, 2.05) is 4.57 Å². The molecule has 0 saturated carbocycles. The molecule has 0 spiro atoms. The Morgan fingerprint density at radius 1 is 1.39 bits per heavy atom. The Hall–Kier alpha value is -2.21. The summed E-state index contributed by atoms with van der Waals surface area (Å²) in [5, 5.41) is 19.5. The molecular formula is C17H20N4OS. The Bertz CT molecular complexity index is 890. The summed E-state index contributed by atoms with van der Waals surface area (Å²) in [5.41, 5.74) is 9.95. The molecule has 0 saturated heterocycles. The van der Waals surface area contributed by atoms with Crippen molar-refractivity contribution in [2.75, 3.05) is 0 Å². The largest absolute Gasteiger partial charge is 0.493 e. The maximum atomic E-state index is 10.8. The van der Waals surface area contributed by atoms with Crippen molar-refractivity contribution in [3.05, 3.63) is 29.3 Å². The smallest absolute Gasteiger partial charge is 0.221 e. The highest BCUT2D eigenvalue weighted by atomic mass is 32.1. The van der Waals surface area contributed by atoms with Crippen LogP contribution >= 0.6 is 12.2 Å². The van der Waals surface area contributed by atoms with Crippen LogP contribution in [0, 0.1) is 0 Å². The lowest BCUT2D eigenvalue weighted by molar-refractivity contribution is 0.362. The van der Waals surface area contributed by atoms with Gasteiger partial charge in [0.05, 0.1) is 11.1 Å². The molecule has 1 aromatic heterocycles. The van der Waals surface area contributed by atoms with Crippen LogP contribution in [-0.2, 0) is 12.0 Å². The van der Waals surface area contributed by atoms with Gasteiger partial charge in [-0.25, -0.2) is 0 Å². The van der Waals surface area contributed by atoms with Gasteiger partial charge in [0.1, 0.15) is 0 Å². The molecule has 0 aliphatic carbocycles. The van der Waals surface area contributed by atoms with Crippen LogP contribution in [0.15, 0.2) is 28.4 Å². The summed E-state index contributed by atoms with van der Waals surface area (Å²) in [6, 6.07) is 4.23. The zero-order valence-corrected chi connectivity index (χ0v) is 14.5. The number of allylic oxidation sites excluding steroid dienone is 2. The monoisotopic (exact) mass is 328 g/mol. The van der Waals surface area contributed by atoms with Crippen molar-refractivity contribution in [1.29, 1.82) is 0 Å². The molecule has 1 aliphatic rings. The number of azo groups is 1. The average Bonchev–Trinajstić information content (AvgIpc) is 2.74. The third-order valence-electron chi connectivity index (χ3n) is 4.30. The van der Waals surface area contributed by atoms with E-state index in [1.165, 1.54) is 11.1 Å². The number of aromatic nitrogens is 1. The zero-order chi connectivity index (χ0) is 16.9. The number of hydrogen-bond acceptors (Lipinski definition) is 3. The summed E-state index contributed by atoms with van der Waals surface area (Å²) >= 11 is 4.77. The summed E-state index contributed by atoms with van der Waals surface area (Å²) in [4.78, 5) is 0.